The monoisotopic (exact) mass is 391 g/mol. The topological polar surface area (TPSA) is 119 Å². The van der Waals surface area contributed by atoms with Gasteiger partial charge in [-0.1, -0.05) is 11.6 Å². The van der Waals surface area contributed by atoms with Crippen LogP contribution in [0.15, 0.2) is 21.6 Å². The van der Waals surface area contributed by atoms with Gasteiger partial charge in [0.1, 0.15) is 10.0 Å². The second-order valence-corrected chi connectivity index (χ2v) is 8.30. The van der Waals surface area contributed by atoms with Crippen molar-refractivity contribution in [1.82, 2.24) is 9.71 Å². The number of rotatable bonds is 6. The van der Waals surface area contributed by atoms with Gasteiger partial charge in [0.25, 0.3) is 0 Å². The summed E-state index contributed by atoms with van der Waals surface area (Å²) in [5, 5.41) is 4.63. The highest BCUT2D eigenvalue weighted by atomic mass is 79.9. The molecule has 108 valence electrons. The van der Waals surface area contributed by atoms with E-state index in [0.29, 0.717) is 4.47 Å². The smallest absolute Gasteiger partial charge is 0.242 e. The van der Waals surface area contributed by atoms with Crippen molar-refractivity contribution in [2.75, 3.05) is 12.3 Å². The lowest BCUT2D eigenvalue weighted by Gasteiger charge is -2.07. The fourth-order valence-electron chi connectivity index (χ4n) is 1.15. The number of nitrogens with one attached hydrogen (secondary N) is 1. The van der Waals surface area contributed by atoms with Crippen LogP contribution in [-0.4, -0.2) is 34.1 Å². The van der Waals surface area contributed by atoms with Gasteiger partial charge in [-0.3, -0.25) is 0 Å². The van der Waals surface area contributed by atoms with Crippen molar-refractivity contribution in [3.8, 4) is 0 Å². The molecule has 0 aliphatic carbocycles. The van der Waals surface area contributed by atoms with Crippen molar-refractivity contribution < 1.29 is 16.8 Å². The van der Waals surface area contributed by atoms with Crippen LogP contribution in [0.4, 0.5) is 0 Å². The lowest BCUT2D eigenvalue weighted by Crippen LogP contribution is -2.27. The van der Waals surface area contributed by atoms with Gasteiger partial charge in [-0.25, -0.2) is 31.7 Å². The molecule has 7 nitrogen and oxygen atoms in total. The van der Waals surface area contributed by atoms with E-state index >= 15 is 0 Å². The van der Waals surface area contributed by atoms with E-state index in [2.05, 4.69) is 25.6 Å². The van der Waals surface area contributed by atoms with Crippen LogP contribution in [0, 0.1) is 0 Å². The molecule has 0 amide bonds. The molecule has 1 aromatic rings. The average Bonchev–Trinajstić information content (AvgIpc) is 2.26. The molecule has 0 saturated heterocycles. The summed E-state index contributed by atoms with van der Waals surface area (Å²) in [7, 11) is -7.44. The maximum Gasteiger partial charge on any atom is 0.243 e. The van der Waals surface area contributed by atoms with E-state index in [0.717, 1.165) is 0 Å². The number of aromatic nitrogens is 1. The minimum Gasteiger partial charge on any atom is -0.242 e. The predicted octanol–water partition coefficient (Wildman–Crippen LogP) is 0.454. The van der Waals surface area contributed by atoms with Crippen molar-refractivity contribution >= 4 is 47.6 Å². The molecule has 1 heterocycles. The third-order valence-corrected chi connectivity index (χ3v) is 5.14. The van der Waals surface area contributed by atoms with Gasteiger partial charge in [0, 0.05) is 17.2 Å². The van der Waals surface area contributed by atoms with E-state index < -0.39 is 20.0 Å². The van der Waals surface area contributed by atoms with Gasteiger partial charge in [0.05, 0.1) is 5.75 Å². The highest BCUT2D eigenvalue weighted by molar-refractivity contribution is 9.10. The minimum atomic E-state index is -3.84. The quantitative estimate of drug-likeness (QED) is 0.538. The summed E-state index contributed by atoms with van der Waals surface area (Å²) in [4.78, 5) is 3.51. The Morgan fingerprint density at radius 2 is 2.00 bits per heavy atom. The Kier molecular flexibility index (Phi) is 5.71. The van der Waals surface area contributed by atoms with Gasteiger partial charge in [-0.15, -0.1) is 0 Å². The second-order valence-electron chi connectivity index (χ2n) is 3.56. The molecule has 0 aromatic carbocycles. The van der Waals surface area contributed by atoms with E-state index in [4.69, 9.17) is 16.7 Å². The zero-order valence-corrected chi connectivity index (χ0v) is 13.5. The molecule has 3 N–H and O–H groups in total. The van der Waals surface area contributed by atoms with Gasteiger partial charge in [0.15, 0.2) is 0 Å². The molecule has 0 fully saturated rings. The van der Waals surface area contributed by atoms with Gasteiger partial charge in [-0.05, 0) is 28.4 Å². The van der Waals surface area contributed by atoms with E-state index in [1.807, 2.05) is 0 Å². The highest BCUT2D eigenvalue weighted by Gasteiger charge is 2.19. The van der Waals surface area contributed by atoms with Crippen LogP contribution in [0.3, 0.4) is 0 Å². The highest BCUT2D eigenvalue weighted by Crippen LogP contribution is 2.22. The zero-order chi connectivity index (χ0) is 14.7. The molecule has 1 rings (SSSR count). The van der Waals surface area contributed by atoms with Gasteiger partial charge in [-0.2, -0.15) is 0 Å². The first-order valence-electron chi connectivity index (χ1n) is 4.93. The zero-order valence-electron chi connectivity index (χ0n) is 9.51. The Bertz CT molecular complexity index is 663. The van der Waals surface area contributed by atoms with Crippen molar-refractivity contribution in [1.29, 1.82) is 0 Å². The molecule has 1 aromatic heterocycles. The minimum absolute atomic E-state index is 0.0666. The van der Waals surface area contributed by atoms with Crippen LogP contribution in [0.25, 0.3) is 0 Å². The van der Waals surface area contributed by atoms with Crippen LogP contribution in [-0.2, 0) is 20.0 Å². The second kappa shape index (κ2) is 6.46. The first-order chi connectivity index (χ1) is 8.62. The molecule has 0 bridgehead atoms. The molecule has 0 saturated carbocycles. The normalized spacial score (nSPS) is 12.6. The lowest BCUT2D eigenvalue weighted by molar-refractivity contribution is 0.576. The number of halogens is 2. The summed E-state index contributed by atoms with van der Waals surface area (Å²) in [5.74, 6) is -0.306. The molecular formula is C8H11BrClN3O4S2. The maximum absolute atomic E-state index is 11.9. The Morgan fingerprint density at radius 3 is 2.58 bits per heavy atom. The molecule has 11 heteroatoms. The number of sulfonamides is 2. The van der Waals surface area contributed by atoms with E-state index in [1.165, 1.54) is 12.3 Å². The standard InChI is InChI=1S/C8H11BrClN3O4S2/c9-6-4-7(8(10)12-5-6)19(16,17)13-2-1-3-18(11,14)15/h4-5,13H,1-3H2,(H2,11,14,15). The van der Waals surface area contributed by atoms with Crippen LogP contribution in [0.5, 0.6) is 0 Å². The molecule has 0 unspecified atom stereocenters. The average molecular weight is 393 g/mol. The fourth-order valence-corrected chi connectivity index (χ4v) is 3.71. The summed E-state index contributed by atoms with van der Waals surface area (Å²) >= 11 is 8.79. The predicted molar refractivity (Wildman–Crippen MR) is 74.7 cm³/mol. The molecule has 19 heavy (non-hydrogen) atoms. The molecule has 0 atom stereocenters. The third-order valence-electron chi connectivity index (χ3n) is 1.96. The van der Waals surface area contributed by atoms with Crippen LogP contribution in [0.2, 0.25) is 5.15 Å². The first kappa shape index (κ1) is 16.8. The Morgan fingerprint density at radius 1 is 1.37 bits per heavy atom. The van der Waals surface area contributed by atoms with Gasteiger partial charge >= 0.3 is 0 Å². The number of nitrogens with zero attached hydrogens (tertiary/aromatic N) is 1. The first-order valence-corrected chi connectivity index (χ1v) is 9.30. The Labute approximate surface area is 124 Å². The van der Waals surface area contributed by atoms with Crippen molar-refractivity contribution in [3.63, 3.8) is 0 Å². The van der Waals surface area contributed by atoms with Gasteiger partial charge < -0.3 is 0 Å². The van der Waals surface area contributed by atoms with Crippen molar-refractivity contribution in [3.05, 3.63) is 21.9 Å². The summed E-state index contributed by atoms with van der Waals surface area (Å²) in [6.07, 6.45) is 1.43. The van der Waals surface area contributed by atoms with E-state index in [1.54, 1.807) is 0 Å². The maximum atomic E-state index is 11.9. The number of pyridine rings is 1. The van der Waals surface area contributed by atoms with E-state index in [9.17, 15) is 16.8 Å². The van der Waals surface area contributed by atoms with Gasteiger partial charge in [0.2, 0.25) is 20.0 Å². The van der Waals surface area contributed by atoms with E-state index in [-0.39, 0.29) is 28.8 Å². The number of hydrogen-bond donors (Lipinski definition) is 2. The Balaban J connectivity index is 2.74. The third kappa shape index (κ3) is 5.71. The lowest BCUT2D eigenvalue weighted by atomic mass is 10.5. The van der Waals surface area contributed by atoms with Crippen molar-refractivity contribution in [2.45, 2.75) is 11.3 Å². The fraction of sp³-hybridized carbons (Fsp3) is 0.375. The molecule has 0 radical (unpaired) electrons. The number of primary sulfonamides is 1. The molecule has 0 aliphatic heterocycles. The van der Waals surface area contributed by atoms with Crippen molar-refractivity contribution in [2.24, 2.45) is 5.14 Å². The summed E-state index contributed by atoms with van der Waals surface area (Å²) < 4.78 is 47.8. The molecule has 0 aliphatic rings. The molecular weight excluding hydrogens is 382 g/mol. The summed E-state index contributed by atoms with van der Waals surface area (Å²) in [6.45, 7) is -0.0679. The summed E-state index contributed by atoms with van der Waals surface area (Å²) in [6, 6.07) is 1.30. The number of hydrogen-bond acceptors (Lipinski definition) is 5. The largest absolute Gasteiger partial charge is 0.243 e. The number of nitrogens with two attached hydrogens (primary N) is 1. The molecule has 0 spiro atoms. The SMILES string of the molecule is NS(=O)(=O)CCCNS(=O)(=O)c1cc(Br)cnc1Cl. The van der Waals surface area contributed by atoms with Crippen LogP contribution < -0.4 is 9.86 Å². The summed E-state index contributed by atoms with van der Waals surface area (Å²) in [5.41, 5.74) is 0. The van der Waals surface area contributed by atoms with Crippen LogP contribution in [0.1, 0.15) is 6.42 Å². The van der Waals surface area contributed by atoms with Crippen LogP contribution >= 0.6 is 27.5 Å². The Hall–Kier alpha value is -0.260.